The Morgan fingerprint density at radius 3 is 2.46 bits per heavy atom. The van der Waals surface area contributed by atoms with Gasteiger partial charge in [0.2, 0.25) is 0 Å². The zero-order valence-electron chi connectivity index (χ0n) is 14.4. The number of Topliss-reactive ketones (excluding diaryl/α,β-unsaturated/α-hetero) is 1. The van der Waals surface area contributed by atoms with E-state index >= 15 is 0 Å². The van der Waals surface area contributed by atoms with Crippen molar-refractivity contribution in [1.82, 2.24) is 9.55 Å². The fourth-order valence-electron chi connectivity index (χ4n) is 2.95. The van der Waals surface area contributed by atoms with Gasteiger partial charge < -0.3 is 0 Å². The van der Waals surface area contributed by atoms with Gasteiger partial charge in [-0.05, 0) is 62.1 Å². The van der Waals surface area contributed by atoms with Crippen molar-refractivity contribution in [2.45, 2.75) is 34.2 Å². The summed E-state index contributed by atoms with van der Waals surface area (Å²) < 4.78 is 1.39. The van der Waals surface area contributed by atoms with E-state index in [9.17, 15) is 9.59 Å². The second kappa shape index (κ2) is 6.04. The summed E-state index contributed by atoms with van der Waals surface area (Å²) in [6.45, 7) is 7.85. The molecule has 0 fully saturated rings. The van der Waals surface area contributed by atoms with Crippen molar-refractivity contribution >= 4 is 16.7 Å². The predicted octanol–water partition coefficient (Wildman–Crippen LogP) is 3.51. The maximum absolute atomic E-state index is 12.7. The van der Waals surface area contributed by atoms with Gasteiger partial charge in [0.05, 0.1) is 23.8 Å². The number of hydrogen-bond donors (Lipinski definition) is 0. The second-order valence-corrected chi connectivity index (χ2v) is 6.32. The molecule has 0 saturated carbocycles. The first-order valence-corrected chi connectivity index (χ1v) is 7.94. The third-order valence-corrected chi connectivity index (χ3v) is 4.51. The van der Waals surface area contributed by atoms with Crippen molar-refractivity contribution in [3.8, 4) is 0 Å². The number of ketones is 1. The van der Waals surface area contributed by atoms with Crippen molar-refractivity contribution in [2.75, 3.05) is 0 Å². The van der Waals surface area contributed by atoms with Crippen LogP contribution in [0.5, 0.6) is 0 Å². The lowest BCUT2D eigenvalue weighted by molar-refractivity contribution is 0.0970. The fraction of sp³-hybridized carbons (Fsp3) is 0.250. The van der Waals surface area contributed by atoms with E-state index in [0.717, 1.165) is 22.3 Å². The van der Waals surface area contributed by atoms with Crippen molar-refractivity contribution in [1.29, 1.82) is 0 Å². The van der Waals surface area contributed by atoms with Crippen LogP contribution in [0.25, 0.3) is 10.9 Å². The van der Waals surface area contributed by atoms with E-state index in [1.54, 1.807) is 6.07 Å². The van der Waals surface area contributed by atoms with Crippen LogP contribution >= 0.6 is 0 Å². The Kier molecular flexibility index (Phi) is 4.06. The van der Waals surface area contributed by atoms with Gasteiger partial charge in [0.1, 0.15) is 0 Å². The molecule has 0 N–H and O–H groups in total. The molecule has 0 aliphatic rings. The van der Waals surface area contributed by atoms with Crippen LogP contribution in [-0.2, 0) is 6.54 Å². The molecule has 3 rings (SSSR count). The van der Waals surface area contributed by atoms with Crippen LogP contribution in [0, 0.1) is 27.7 Å². The summed E-state index contributed by atoms with van der Waals surface area (Å²) in [5.74, 6) is -0.0773. The average molecular weight is 320 g/mol. The first-order valence-electron chi connectivity index (χ1n) is 7.94. The number of hydrogen-bond acceptors (Lipinski definition) is 3. The molecule has 0 unspecified atom stereocenters. The standard InChI is InChI=1S/C20H20N2O2/c1-12-6-5-7-16-19(12)21-11-22(20(16)24)10-18(23)17-9-14(3)13(2)8-15(17)4/h5-9,11H,10H2,1-4H3. The molecule has 1 heterocycles. The Hall–Kier alpha value is -2.75. The predicted molar refractivity (Wildman–Crippen MR) is 95.7 cm³/mol. The molecule has 0 aliphatic heterocycles. The Morgan fingerprint density at radius 1 is 1.00 bits per heavy atom. The summed E-state index contributed by atoms with van der Waals surface area (Å²) in [7, 11) is 0. The largest absolute Gasteiger partial charge is 0.292 e. The SMILES string of the molecule is Cc1cc(C)c(C(=O)Cn2cnc3c(C)cccc3c2=O)cc1C. The lowest BCUT2D eigenvalue weighted by Crippen LogP contribution is -2.25. The molecular formula is C20H20N2O2. The number of para-hydroxylation sites is 1. The van der Waals surface area contributed by atoms with E-state index in [1.165, 1.54) is 10.9 Å². The van der Waals surface area contributed by atoms with E-state index in [0.29, 0.717) is 16.5 Å². The van der Waals surface area contributed by atoms with Crippen LogP contribution in [0.15, 0.2) is 41.5 Å². The Morgan fingerprint density at radius 2 is 1.71 bits per heavy atom. The number of fused-ring (bicyclic) bond motifs is 1. The van der Waals surface area contributed by atoms with Crippen molar-refractivity contribution < 1.29 is 4.79 Å². The first kappa shape index (κ1) is 16.1. The van der Waals surface area contributed by atoms with E-state index in [4.69, 9.17) is 0 Å². The smallest absolute Gasteiger partial charge is 0.261 e. The lowest BCUT2D eigenvalue weighted by Gasteiger charge is -2.11. The zero-order valence-corrected chi connectivity index (χ0v) is 14.4. The molecule has 24 heavy (non-hydrogen) atoms. The number of aryl methyl sites for hydroxylation is 4. The average Bonchev–Trinajstić information content (AvgIpc) is 2.54. The summed E-state index contributed by atoms with van der Waals surface area (Å²) >= 11 is 0. The first-order chi connectivity index (χ1) is 11.4. The number of rotatable bonds is 3. The highest BCUT2D eigenvalue weighted by molar-refractivity contribution is 5.97. The van der Waals surface area contributed by atoms with Gasteiger partial charge in [-0.25, -0.2) is 4.98 Å². The summed E-state index contributed by atoms with van der Waals surface area (Å²) in [6, 6.07) is 9.41. The Labute approximate surface area is 140 Å². The molecule has 0 spiro atoms. The highest BCUT2D eigenvalue weighted by atomic mass is 16.1. The van der Waals surface area contributed by atoms with Crippen molar-refractivity contribution in [3.05, 3.63) is 74.8 Å². The van der Waals surface area contributed by atoms with E-state index < -0.39 is 0 Å². The van der Waals surface area contributed by atoms with Gasteiger partial charge in [-0.3, -0.25) is 14.2 Å². The Balaban J connectivity index is 2.01. The number of benzene rings is 2. The van der Waals surface area contributed by atoms with Gasteiger partial charge in [-0.1, -0.05) is 18.2 Å². The van der Waals surface area contributed by atoms with Crippen molar-refractivity contribution in [2.24, 2.45) is 0 Å². The molecule has 0 radical (unpaired) electrons. The highest BCUT2D eigenvalue weighted by Crippen LogP contribution is 2.17. The van der Waals surface area contributed by atoms with Gasteiger partial charge in [-0.2, -0.15) is 0 Å². The van der Waals surface area contributed by atoms with Crippen LogP contribution < -0.4 is 5.56 Å². The van der Waals surface area contributed by atoms with E-state index in [2.05, 4.69) is 4.98 Å². The van der Waals surface area contributed by atoms with E-state index in [-0.39, 0.29) is 17.9 Å². The summed E-state index contributed by atoms with van der Waals surface area (Å²) in [5.41, 5.74) is 5.28. The lowest BCUT2D eigenvalue weighted by atomic mass is 9.98. The molecular weight excluding hydrogens is 300 g/mol. The molecule has 122 valence electrons. The van der Waals surface area contributed by atoms with Crippen LogP contribution in [0.4, 0.5) is 0 Å². The number of nitrogens with zero attached hydrogens (tertiary/aromatic N) is 2. The van der Waals surface area contributed by atoms with Gasteiger partial charge in [0.25, 0.3) is 5.56 Å². The van der Waals surface area contributed by atoms with Crippen LogP contribution in [0.1, 0.15) is 32.6 Å². The van der Waals surface area contributed by atoms with Gasteiger partial charge in [-0.15, -0.1) is 0 Å². The summed E-state index contributed by atoms with van der Waals surface area (Å²) in [6.07, 6.45) is 1.46. The molecule has 1 aromatic heterocycles. The maximum Gasteiger partial charge on any atom is 0.261 e. The normalized spacial score (nSPS) is 11.0. The number of carbonyl (C=O) groups excluding carboxylic acids is 1. The van der Waals surface area contributed by atoms with Gasteiger partial charge in [0, 0.05) is 5.56 Å². The van der Waals surface area contributed by atoms with Crippen LogP contribution in [0.2, 0.25) is 0 Å². The quantitative estimate of drug-likeness (QED) is 0.694. The molecule has 2 aromatic carbocycles. The molecule has 0 atom stereocenters. The second-order valence-electron chi connectivity index (χ2n) is 6.32. The molecule has 4 heteroatoms. The molecule has 0 amide bonds. The zero-order chi connectivity index (χ0) is 17.4. The fourth-order valence-corrected chi connectivity index (χ4v) is 2.95. The summed E-state index contributed by atoms with van der Waals surface area (Å²) in [5, 5.41) is 0.544. The third-order valence-electron chi connectivity index (χ3n) is 4.51. The highest BCUT2D eigenvalue weighted by Gasteiger charge is 2.14. The number of aromatic nitrogens is 2. The van der Waals surface area contributed by atoms with Crippen LogP contribution in [0.3, 0.4) is 0 Å². The molecule has 0 bridgehead atoms. The molecule has 3 aromatic rings. The Bertz CT molecular complexity index is 1020. The van der Waals surface area contributed by atoms with E-state index in [1.807, 2.05) is 52.0 Å². The van der Waals surface area contributed by atoms with Crippen LogP contribution in [-0.4, -0.2) is 15.3 Å². The molecule has 0 saturated heterocycles. The van der Waals surface area contributed by atoms with Crippen molar-refractivity contribution in [3.63, 3.8) is 0 Å². The minimum atomic E-state index is -0.182. The minimum Gasteiger partial charge on any atom is -0.292 e. The minimum absolute atomic E-state index is 0.000936. The molecule has 0 aliphatic carbocycles. The maximum atomic E-state index is 12.7. The number of carbonyl (C=O) groups is 1. The summed E-state index contributed by atoms with van der Waals surface area (Å²) in [4.78, 5) is 29.6. The topological polar surface area (TPSA) is 52.0 Å². The third kappa shape index (κ3) is 2.75. The van der Waals surface area contributed by atoms with Gasteiger partial charge in [0.15, 0.2) is 5.78 Å². The van der Waals surface area contributed by atoms with Gasteiger partial charge >= 0.3 is 0 Å². The molecule has 4 nitrogen and oxygen atoms in total. The monoisotopic (exact) mass is 320 g/mol.